The minimum atomic E-state index is 0.631. The highest BCUT2D eigenvalue weighted by Crippen LogP contribution is 2.31. The van der Waals surface area contributed by atoms with E-state index < -0.39 is 0 Å². The Labute approximate surface area is 130 Å². The van der Waals surface area contributed by atoms with Crippen LogP contribution in [0.4, 0.5) is 5.69 Å². The molecular weight excluding hydrogens is 282 g/mol. The first-order valence-electron chi connectivity index (χ1n) is 7.33. The maximum Gasteiger partial charge on any atom is 0.163 e. The molecule has 0 fully saturated rings. The summed E-state index contributed by atoms with van der Waals surface area (Å²) in [5, 5.41) is 3.45. The molecule has 114 valence electrons. The van der Waals surface area contributed by atoms with Crippen LogP contribution in [0, 0.1) is 13.8 Å². The van der Waals surface area contributed by atoms with E-state index >= 15 is 0 Å². The van der Waals surface area contributed by atoms with Crippen LogP contribution in [0.5, 0.6) is 11.5 Å². The fourth-order valence-corrected chi connectivity index (χ4v) is 3.16. The van der Waals surface area contributed by atoms with Crippen molar-refractivity contribution in [2.24, 2.45) is 0 Å². The molecule has 0 aliphatic rings. The first-order chi connectivity index (χ1) is 10.1. The lowest BCUT2D eigenvalue weighted by Crippen LogP contribution is -2.02. The summed E-state index contributed by atoms with van der Waals surface area (Å²) in [6.45, 7) is 10.4. The van der Waals surface area contributed by atoms with Gasteiger partial charge in [0.05, 0.1) is 13.2 Å². The molecule has 0 unspecified atom stereocenters. The van der Waals surface area contributed by atoms with E-state index in [4.69, 9.17) is 9.47 Å². The van der Waals surface area contributed by atoms with E-state index in [1.165, 1.54) is 15.3 Å². The summed E-state index contributed by atoms with van der Waals surface area (Å²) in [6, 6.07) is 8.23. The summed E-state index contributed by atoms with van der Waals surface area (Å²) in [5.74, 6) is 1.59. The molecule has 1 aromatic heterocycles. The number of benzene rings is 1. The monoisotopic (exact) mass is 305 g/mol. The van der Waals surface area contributed by atoms with Gasteiger partial charge in [0.2, 0.25) is 0 Å². The average Bonchev–Trinajstić information content (AvgIpc) is 2.78. The Morgan fingerprint density at radius 3 is 2.33 bits per heavy atom. The third-order valence-electron chi connectivity index (χ3n) is 3.17. The quantitative estimate of drug-likeness (QED) is 0.799. The summed E-state index contributed by atoms with van der Waals surface area (Å²) in [4.78, 5) is 2.72. The lowest BCUT2D eigenvalue weighted by molar-refractivity contribution is 0.288. The number of ether oxygens (including phenoxy) is 2. The van der Waals surface area contributed by atoms with Crippen LogP contribution in [0.25, 0.3) is 0 Å². The van der Waals surface area contributed by atoms with Gasteiger partial charge in [-0.25, -0.2) is 0 Å². The van der Waals surface area contributed by atoms with Crippen LogP contribution in [0.3, 0.4) is 0 Å². The van der Waals surface area contributed by atoms with E-state index in [9.17, 15) is 0 Å². The minimum Gasteiger partial charge on any atom is -0.490 e. The molecule has 0 bridgehead atoms. The van der Waals surface area contributed by atoms with Crippen LogP contribution in [0.1, 0.15) is 29.2 Å². The Morgan fingerprint density at radius 1 is 1.00 bits per heavy atom. The van der Waals surface area contributed by atoms with Crippen LogP contribution in [0.15, 0.2) is 24.3 Å². The summed E-state index contributed by atoms with van der Waals surface area (Å²) >= 11 is 1.84. The van der Waals surface area contributed by atoms with Gasteiger partial charge in [-0.3, -0.25) is 0 Å². The molecule has 21 heavy (non-hydrogen) atoms. The van der Waals surface area contributed by atoms with Gasteiger partial charge in [-0.15, -0.1) is 11.3 Å². The van der Waals surface area contributed by atoms with Crippen molar-refractivity contribution in [1.29, 1.82) is 0 Å². The lowest BCUT2D eigenvalue weighted by atomic mass is 10.2. The molecule has 1 heterocycles. The topological polar surface area (TPSA) is 30.5 Å². The third kappa shape index (κ3) is 4.14. The van der Waals surface area contributed by atoms with Crippen molar-refractivity contribution < 1.29 is 9.47 Å². The number of hydrogen-bond acceptors (Lipinski definition) is 4. The van der Waals surface area contributed by atoms with Crippen molar-refractivity contribution in [1.82, 2.24) is 0 Å². The molecule has 0 spiro atoms. The number of nitrogens with one attached hydrogen (secondary N) is 1. The normalized spacial score (nSPS) is 10.5. The molecule has 0 radical (unpaired) electrons. The Kier molecular flexibility index (Phi) is 5.51. The van der Waals surface area contributed by atoms with Crippen molar-refractivity contribution in [2.75, 3.05) is 18.5 Å². The number of hydrogen-bond donors (Lipinski definition) is 1. The molecule has 0 aliphatic heterocycles. The van der Waals surface area contributed by atoms with Gasteiger partial charge in [0, 0.05) is 28.1 Å². The van der Waals surface area contributed by atoms with Crippen molar-refractivity contribution in [3.8, 4) is 11.5 Å². The van der Waals surface area contributed by atoms with Gasteiger partial charge in [-0.1, -0.05) is 0 Å². The second kappa shape index (κ2) is 7.36. The van der Waals surface area contributed by atoms with Gasteiger partial charge in [0.15, 0.2) is 11.5 Å². The van der Waals surface area contributed by atoms with Gasteiger partial charge in [-0.05, 0) is 51.5 Å². The van der Waals surface area contributed by atoms with Crippen LogP contribution in [0.2, 0.25) is 0 Å². The molecule has 0 amide bonds. The van der Waals surface area contributed by atoms with E-state index in [1.54, 1.807) is 0 Å². The van der Waals surface area contributed by atoms with Gasteiger partial charge < -0.3 is 14.8 Å². The molecule has 0 aliphatic carbocycles. The molecule has 1 aromatic carbocycles. The molecule has 0 saturated carbocycles. The fraction of sp³-hybridized carbons (Fsp3) is 0.412. The maximum absolute atomic E-state index is 5.65. The minimum absolute atomic E-state index is 0.631. The third-order valence-corrected chi connectivity index (χ3v) is 4.18. The van der Waals surface area contributed by atoms with Crippen LogP contribution in [-0.2, 0) is 6.54 Å². The predicted molar refractivity (Wildman–Crippen MR) is 89.9 cm³/mol. The van der Waals surface area contributed by atoms with Crippen molar-refractivity contribution in [2.45, 2.75) is 34.2 Å². The van der Waals surface area contributed by atoms with Crippen molar-refractivity contribution >= 4 is 17.0 Å². The molecule has 0 atom stereocenters. The van der Waals surface area contributed by atoms with Gasteiger partial charge >= 0.3 is 0 Å². The maximum atomic E-state index is 5.65. The van der Waals surface area contributed by atoms with E-state index in [1.807, 2.05) is 43.4 Å². The molecule has 0 saturated heterocycles. The summed E-state index contributed by atoms with van der Waals surface area (Å²) in [6.07, 6.45) is 0. The fourth-order valence-electron chi connectivity index (χ4n) is 2.22. The predicted octanol–water partition coefficient (Wildman–Crippen LogP) is 4.77. The highest BCUT2D eigenvalue weighted by Gasteiger charge is 2.07. The molecule has 2 rings (SSSR count). The van der Waals surface area contributed by atoms with Gasteiger partial charge in [0.1, 0.15) is 0 Å². The first kappa shape index (κ1) is 15.7. The SMILES string of the molecule is CCOc1ccc(NCc2cc(C)sc2C)cc1OCC. The molecule has 1 N–H and O–H groups in total. The summed E-state index contributed by atoms with van der Waals surface area (Å²) in [7, 11) is 0. The van der Waals surface area contributed by atoms with Gasteiger partial charge in [-0.2, -0.15) is 0 Å². The first-order valence-corrected chi connectivity index (χ1v) is 8.15. The standard InChI is InChI=1S/C17H23NO2S/c1-5-19-16-8-7-15(10-17(16)20-6-2)18-11-14-9-12(3)21-13(14)4/h7-10,18H,5-6,11H2,1-4H3. The second-order valence-corrected chi connectivity index (χ2v) is 6.28. The van der Waals surface area contributed by atoms with E-state index in [2.05, 4.69) is 25.2 Å². The highest BCUT2D eigenvalue weighted by molar-refractivity contribution is 7.12. The zero-order valence-corrected chi connectivity index (χ0v) is 14.0. The molecule has 2 aromatic rings. The van der Waals surface area contributed by atoms with Crippen molar-refractivity contribution in [3.63, 3.8) is 0 Å². The second-order valence-electron chi connectivity index (χ2n) is 4.82. The molecule has 3 nitrogen and oxygen atoms in total. The average molecular weight is 305 g/mol. The smallest absolute Gasteiger partial charge is 0.163 e. The van der Waals surface area contributed by atoms with E-state index in [-0.39, 0.29) is 0 Å². The van der Waals surface area contributed by atoms with E-state index in [0.29, 0.717) is 13.2 Å². The summed E-state index contributed by atoms with van der Waals surface area (Å²) < 4.78 is 11.2. The number of aryl methyl sites for hydroxylation is 2. The zero-order valence-electron chi connectivity index (χ0n) is 13.2. The Balaban J connectivity index is 2.09. The Bertz CT molecular complexity index is 592. The van der Waals surface area contributed by atoms with Crippen LogP contribution >= 0.6 is 11.3 Å². The van der Waals surface area contributed by atoms with Crippen LogP contribution in [-0.4, -0.2) is 13.2 Å². The number of thiophene rings is 1. The van der Waals surface area contributed by atoms with Crippen LogP contribution < -0.4 is 14.8 Å². The Hall–Kier alpha value is -1.68. The lowest BCUT2D eigenvalue weighted by Gasteiger charge is -2.13. The Morgan fingerprint density at radius 2 is 1.71 bits per heavy atom. The largest absolute Gasteiger partial charge is 0.490 e. The van der Waals surface area contributed by atoms with E-state index in [0.717, 1.165) is 23.7 Å². The molecule has 4 heteroatoms. The number of rotatable bonds is 7. The molecular formula is C17H23NO2S. The highest BCUT2D eigenvalue weighted by atomic mass is 32.1. The van der Waals surface area contributed by atoms with Gasteiger partial charge in [0.25, 0.3) is 0 Å². The number of anilines is 1. The summed E-state index contributed by atoms with van der Waals surface area (Å²) in [5.41, 5.74) is 2.40. The zero-order chi connectivity index (χ0) is 15.2. The van der Waals surface area contributed by atoms with Crippen molar-refractivity contribution in [3.05, 3.63) is 39.6 Å².